The lowest BCUT2D eigenvalue weighted by molar-refractivity contribution is -0.808. The van der Waals surface area contributed by atoms with Crippen LogP contribution in [-0.4, -0.2) is 0 Å². The van der Waals surface area contributed by atoms with E-state index in [4.69, 9.17) is 0 Å². The van der Waals surface area contributed by atoms with Crippen molar-refractivity contribution in [3.63, 3.8) is 0 Å². The van der Waals surface area contributed by atoms with Crippen LogP contribution in [-0.2, 0) is 40.0 Å². The van der Waals surface area contributed by atoms with E-state index < -0.39 is 0 Å². The molecule has 8 heteroatoms. The maximum absolute atomic E-state index is 4.41. The van der Waals surface area contributed by atoms with Gasteiger partial charge in [-0.15, -0.1) is 0 Å². The van der Waals surface area contributed by atoms with Crippen molar-refractivity contribution in [1.82, 2.24) is 0 Å². The third kappa shape index (κ3) is 14.2. The van der Waals surface area contributed by atoms with Crippen LogP contribution in [0.5, 0.6) is 0 Å². The molecule has 1 aliphatic heterocycles. The van der Waals surface area contributed by atoms with Crippen LogP contribution in [0.15, 0.2) is 97.6 Å². The summed E-state index contributed by atoms with van der Waals surface area (Å²) in [5.74, 6) is 0. The van der Waals surface area contributed by atoms with Gasteiger partial charge in [0.2, 0.25) is 0 Å². The summed E-state index contributed by atoms with van der Waals surface area (Å²) in [6.45, 7) is 0. The summed E-state index contributed by atoms with van der Waals surface area (Å²) in [5.41, 5.74) is 0. The molecule has 0 unspecified atom stereocenters. The molecule has 1 heterocycles. The van der Waals surface area contributed by atoms with E-state index in [9.17, 15) is 0 Å². The fourth-order valence-corrected chi connectivity index (χ4v) is 1.05. The summed E-state index contributed by atoms with van der Waals surface area (Å²) in [6, 6.07) is 0. The molecule has 0 saturated carbocycles. The molecule has 0 fully saturated rings. The fraction of sp³-hybridized carbons (Fsp3) is 0. The molecule has 0 atom stereocenters. The lowest BCUT2D eigenvalue weighted by atomic mass is 10.3. The Morgan fingerprint density at radius 1 is 0.250 bits per heavy atom. The summed E-state index contributed by atoms with van der Waals surface area (Å²) >= 11 is 0. The number of allylic oxidation sites excluding steroid dienone is 14. The van der Waals surface area contributed by atoms with Crippen molar-refractivity contribution in [3.05, 3.63) is 97.6 Å². The Morgan fingerprint density at radius 3 is 0.833 bits per heavy atom. The monoisotopic (exact) mass is 336 g/mol. The predicted octanol–water partition coefficient (Wildman–Crippen LogP) is 3.90. The highest BCUT2D eigenvalue weighted by molar-refractivity contribution is 5.20. The minimum Gasteiger partial charge on any atom is -0.314 e. The van der Waals surface area contributed by atoms with Gasteiger partial charge in [-0.1, -0.05) is 72.9 Å². The molecule has 0 radical (unpaired) electrons. The van der Waals surface area contributed by atoms with Gasteiger partial charge in [-0.25, -0.2) is 0 Å². The molecule has 24 heavy (non-hydrogen) atoms. The van der Waals surface area contributed by atoms with E-state index in [0.29, 0.717) is 0 Å². The topological polar surface area (TPSA) is 73.8 Å². The highest BCUT2D eigenvalue weighted by Gasteiger charge is 1.92. The van der Waals surface area contributed by atoms with Crippen LogP contribution in [0.1, 0.15) is 0 Å². The Bertz CT molecular complexity index is 478. The highest BCUT2D eigenvalue weighted by atomic mass is 17.9. The minimum absolute atomic E-state index is 1.19. The van der Waals surface area contributed by atoms with Gasteiger partial charge in [0, 0.05) is 30.2 Å². The van der Waals surface area contributed by atoms with Crippen LogP contribution in [0, 0.1) is 0 Å². The van der Waals surface area contributed by atoms with E-state index in [2.05, 4.69) is 40.0 Å². The quantitative estimate of drug-likeness (QED) is 0.617. The van der Waals surface area contributed by atoms with Crippen LogP contribution < -0.4 is 0 Å². The van der Waals surface area contributed by atoms with Gasteiger partial charge in [0.1, 0.15) is 12.5 Å². The van der Waals surface area contributed by atoms with Crippen molar-refractivity contribution < 1.29 is 40.0 Å². The van der Waals surface area contributed by atoms with Gasteiger partial charge in [-0.2, -0.15) is 0 Å². The maximum Gasteiger partial charge on any atom is 0.132 e. The van der Waals surface area contributed by atoms with E-state index >= 15 is 0 Å². The normalized spacial score (nSPS) is 28.7. The van der Waals surface area contributed by atoms with E-state index in [1.54, 1.807) is 36.5 Å². The molecule has 1 aliphatic rings. The van der Waals surface area contributed by atoms with Gasteiger partial charge in [0.15, 0.2) is 0 Å². The molecule has 0 amide bonds. The van der Waals surface area contributed by atoms with E-state index in [1.807, 2.05) is 48.6 Å². The summed E-state index contributed by atoms with van der Waals surface area (Å²) in [7, 11) is 0. The number of hydrogen-bond donors (Lipinski definition) is 0. The van der Waals surface area contributed by atoms with Crippen molar-refractivity contribution in [2.24, 2.45) is 0 Å². The van der Waals surface area contributed by atoms with Crippen LogP contribution in [0.4, 0.5) is 0 Å². The lowest BCUT2D eigenvalue weighted by Gasteiger charge is -1.97. The first-order valence-corrected chi connectivity index (χ1v) is 6.64. The van der Waals surface area contributed by atoms with E-state index in [0.717, 1.165) is 0 Å². The average molecular weight is 336 g/mol. The highest BCUT2D eigenvalue weighted by Crippen LogP contribution is 1.92. The molecular formula is C16H16O8. The minimum atomic E-state index is 1.19. The van der Waals surface area contributed by atoms with Crippen LogP contribution in [0.2, 0.25) is 0 Å². The SMILES string of the molecule is C1=C\C=C/C=C\C=C/OOOOOOOO/C=C\C=C/C=C\C=C/1. The molecule has 0 spiro atoms. The van der Waals surface area contributed by atoms with Crippen molar-refractivity contribution in [2.75, 3.05) is 0 Å². The van der Waals surface area contributed by atoms with Crippen molar-refractivity contribution in [2.45, 2.75) is 0 Å². The van der Waals surface area contributed by atoms with Gasteiger partial charge < -0.3 is 9.78 Å². The maximum atomic E-state index is 4.41. The molecule has 0 aromatic rings. The zero-order valence-corrected chi connectivity index (χ0v) is 12.5. The van der Waals surface area contributed by atoms with Gasteiger partial charge in [-0.3, -0.25) is 0 Å². The molecule has 128 valence electrons. The van der Waals surface area contributed by atoms with Crippen LogP contribution >= 0.6 is 0 Å². The Kier molecular flexibility index (Phi) is 13.4. The number of rotatable bonds is 0. The molecule has 0 aromatic heterocycles. The van der Waals surface area contributed by atoms with Crippen LogP contribution in [0.3, 0.4) is 0 Å². The molecule has 1 rings (SSSR count). The summed E-state index contributed by atoms with van der Waals surface area (Å²) in [5, 5.41) is 23.7. The van der Waals surface area contributed by atoms with Crippen LogP contribution in [0.25, 0.3) is 0 Å². The van der Waals surface area contributed by atoms with Crippen molar-refractivity contribution in [3.8, 4) is 0 Å². The Morgan fingerprint density at radius 2 is 0.500 bits per heavy atom. The standard InChI is InChI=1S/C16H16O8/c1-2-4-6-8-10-12-14-16-18-20-22-24-23-21-19-17-15-13-11-9-7-5-3-1/h1-16H/b3-1-,4-2-,7-5-,8-6-,11-9-,12-10-,15-13-,16-14-. The molecule has 0 saturated heterocycles. The Balaban J connectivity index is 2.42. The molecule has 0 N–H and O–H groups in total. The average Bonchev–Trinajstić information content (AvgIpc) is 2.59. The summed E-state index contributed by atoms with van der Waals surface area (Å²) < 4.78 is 0. The molecule has 0 aromatic carbocycles. The largest absolute Gasteiger partial charge is 0.314 e. The zero-order valence-electron chi connectivity index (χ0n) is 12.5. The Hall–Kier alpha value is -2.72. The second-order valence-electron chi connectivity index (χ2n) is 3.57. The lowest BCUT2D eigenvalue weighted by Crippen LogP contribution is -1.99. The molecule has 0 aliphatic carbocycles. The smallest absolute Gasteiger partial charge is 0.132 e. The van der Waals surface area contributed by atoms with Gasteiger partial charge in [-0.05, 0) is 12.2 Å². The third-order valence-electron chi connectivity index (χ3n) is 1.93. The predicted molar refractivity (Wildman–Crippen MR) is 81.8 cm³/mol. The summed E-state index contributed by atoms with van der Waals surface area (Å²) in [4.78, 5) is 8.83. The van der Waals surface area contributed by atoms with Crippen molar-refractivity contribution >= 4 is 0 Å². The Labute approximate surface area is 138 Å². The van der Waals surface area contributed by atoms with Gasteiger partial charge >= 0.3 is 0 Å². The van der Waals surface area contributed by atoms with Gasteiger partial charge in [0.05, 0.1) is 0 Å². The third-order valence-corrected chi connectivity index (χ3v) is 1.93. The van der Waals surface area contributed by atoms with Crippen molar-refractivity contribution in [1.29, 1.82) is 0 Å². The molecular weight excluding hydrogens is 320 g/mol. The second-order valence-corrected chi connectivity index (χ2v) is 3.57. The summed E-state index contributed by atoms with van der Waals surface area (Å²) in [6.07, 6.45) is 27.5. The first-order valence-electron chi connectivity index (χ1n) is 6.64. The molecule has 0 bridgehead atoms. The van der Waals surface area contributed by atoms with E-state index in [-0.39, 0.29) is 0 Å². The zero-order chi connectivity index (χ0) is 17.0. The first-order chi connectivity index (χ1) is 12.0. The second kappa shape index (κ2) is 16.6. The fourth-order valence-electron chi connectivity index (χ4n) is 1.05. The van der Waals surface area contributed by atoms with E-state index in [1.165, 1.54) is 12.5 Å². The van der Waals surface area contributed by atoms with Gasteiger partial charge in [0.25, 0.3) is 0 Å². The first kappa shape index (κ1) is 19.3. The molecule has 8 nitrogen and oxygen atoms in total. The number of hydrogen-bond acceptors (Lipinski definition) is 8.